The van der Waals surface area contributed by atoms with E-state index in [1.54, 1.807) is 32.2 Å². The number of fused-ring (bicyclic) bond motifs is 1. The summed E-state index contributed by atoms with van der Waals surface area (Å²) in [6, 6.07) is 13.8. The summed E-state index contributed by atoms with van der Waals surface area (Å²) in [6.07, 6.45) is -9.31. The third-order valence-corrected chi connectivity index (χ3v) is 7.07. The zero-order valence-corrected chi connectivity index (χ0v) is 22.2. The number of nitrogens with zero attached hydrogens (tertiary/aromatic N) is 2. The molecular formula is C28H24F6N2O3S. The van der Waals surface area contributed by atoms with Gasteiger partial charge in [0, 0.05) is 12.3 Å². The Labute approximate surface area is 230 Å². The van der Waals surface area contributed by atoms with Crippen molar-refractivity contribution < 1.29 is 40.6 Å². The maximum atomic E-state index is 13.3. The van der Waals surface area contributed by atoms with Crippen molar-refractivity contribution in [3.05, 3.63) is 88.5 Å². The smallest absolute Gasteiger partial charge is 0.416 e. The van der Waals surface area contributed by atoms with Crippen LogP contribution in [-0.4, -0.2) is 29.2 Å². The highest BCUT2D eigenvalue weighted by Gasteiger charge is 2.36. The van der Waals surface area contributed by atoms with Gasteiger partial charge in [-0.05, 0) is 73.0 Å². The van der Waals surface area contributed by atoms with Crippen LogP contribution in [0.25, 0.3) is 11.0 Å². The van der Waals surface area contributed by atoms with Crippen LogP contribution in [0.5, 0.6) is 5.75 Å². The number of imidazole rings is 1. The zero-order valence-electron chi connectivity index (χ0n) is 21.4. The molecule has 4 aromatic rings. The maximum absolute atomic E-state index is 13.3. The average molecular weight is 583 g/mol. The third-order valence-electron chi connectivity index (χ3n) is 6.02. The van der Waals surface area contributed by atoms with Gasteiger partial charge < -0.3 is 14.0 Å². The van der Waals surface area contributed by atoms with E-state index in [0.717, 1.165) is 17.3 Å². The lowest BCUT2D eigenvalue weighted by atomic mass is 10.1. The van der Waals surface area contributed by atoms with Crippen molar-refractivity contribution in [1.29, 1.82) is 0 Å². The molecule has 0 saturated carbocycles. The predicted octanol–water partition coefficient (Wildman–Crippen LogP) is 7.79. The van der Waals surface area contributed by atoms with Gasteiger partial charge in [-0.3, -0.25) is 0 Å². The molecule has 0 fully saturated rings. The second-order valence-electron chi connectivity index (χ2n) is 8.77. The molecule has 1 heterocycles. The van der Waals surface area contributed by atoms with Gasteiger partial charge in [-0.25, -0.2) is 9.78 Å². The third kappa shape index (κ3) is 6.90. The molecule has 1 aromatic heterocycles. The van der Waals surface area contributed by atoms with Gasteiger partial charge >= 0.3 is 18.3 Å². The van der Waals surface area contributed by atoms with Crippen molar-refractivity contribution in [3.8, 4) is 5.75 Å². The second kappa shape index (κ2) is 11.8. The van der Waals surface area contributed by atoms with Gasteiger partial charge in [0.1, 0.15) is 5.75 Å². The Morgan fingerprint density at radius 3 is 2.12 bits per heavy atom. The molecule has 4 rings (SSSR count). The molecule has 3 aromatic carbocycles. The van der Waals surface area contributed by atoms with E-state index < -0.39 is 29.4 Å². The highest BCUT2D eigenvalue weighted by molar-refractivity contribution is 7.98. The number of halogens is 6. The van der Waals surface area contributed by atoms with Crippen LogP contribution in [-0.2, 0) is 35.8 Å². The number of methoxy groups -OCH3 is 1. The summed E-state index contributed by atoms with van der Waals surface area (Å²) < 4.78 is 92.1. The van der Waals surface area contributed by atoms with Crippen LogP contribution >= 0.6 is 11.8 Å². The number of alkyl halides is 6. The number of ether oxygens (including phenoxy) is 2. The van der Waals surface area contributed by atoms with Crippen molar-refractivity contribution in [2.45, 2.75) is 43.2 Å². The fourth-order valence-corrected chi connectivity index (χ4v) is 5.03. The molecule has 0 aliphatic rings. The number of hydrogen-bond donors (Lipinski definition) is 0. The molecule has 0 aliphatic heterocycles. The van der Waals surface area contributed by atoms with Crippen LogP contribution in [0.4, 0.5) is 26.3 Å². The van der Waals surface area contributed by atoms with Gasteiger partial charge in [-0.1, -0.05) is 23.9 Å². The molecule has 0 bridgehead atoms. The fourth-order valence-electron chi connectivity index (χ4n) is 4.06. The van der Waals surface area contributed by atoms with Gasteiger partial charge in [-0.2, -0.15) is 26.3 Å². The van der Waals surface area contributed by atoms with Gasteiger partial charge in [0.05, 0.1) is 41.4 Å². The topological polar surface area (TPSA) is 53.3 Å². The lowest BCUT2D eigenvalue weighted by Crippen LogP contribution is -2.11. The molecule has 0 saturated heterocycles. The van der Waals surface area contributed by atoms with Crippen molar-refractivity contribution in [3.63, 3.8) is 0 Å². The molecule has 0 spiro atoms. The lowest BCUT2D eigenvalue weighted by molar-refractivity contribution is -0.143. The molecule has 0 atom stereocenters. The minimum atomic E-state index is -4.93. The van der Waals surface area contributed by atoms with Gasteiger partial charge in [-0.15, -0.1) is 0 Å². The summed E-state index contributed by atoms with van der Waals surface area (Å²) in [4.78, 5) is 16.8. The number of aromatic nitrogens is 2. The summed E-state index contributed by atoms with van der Waals surface area (Å²) in [7, 11) is 1.56. The quantitative estimate of drug-likeness (QED) is 0.115. The summed E-state index contributed by atoms with van der Waals surface area (Å²) in [5.41, 5.74) is -0.525. The van der Waals surface area contributed by atoms with Crippen LogP contribution in [0.15, 0.2) is 65.8 Å². The molecule has 0 aliphatic carbocycles. The highest BCUT2D eigenvalue weighted by atomic mass is 32.2. The summed E-state index contributed by atoms with van der Waals surface area (Å²) in [5.74, 6) is -0.0298. The number of esters is 1. The van der Waals surface area contributed by atoms with Gasteiger partial charge in [0.2, 0.25) is 0 Å². The van der Waals surface area contributed by atoms with Crippen LogP contribution < -0.4 is 4.74 Å². The Balaban J connectivity index is 1.68. The Morgan fingerprint density at radius 2 is 1.55 bits per heavy atom. The van der Waals surface area contributed by atoms with Gasteiger partial charge in [0.15, 0.2) is 5.16 Å². The molecule has 0 radical (unpaired) electrons. The monoisotopic (exact) mass is 582 g/mol. The molecule has 0 amide bonds. The molecule has 40 heavy (non-hydrogen) atoms. The first kappa shape index (κ1) is 29.3. The highest BCUT2D eigenvalue weighted by Crippen LogP contribution is 2.38. The van der Waals surface area contributed by atoms with E-state index in [9.17, 15) is 31.1 Å². The van der Waals surface area contributed by atoms with Crippen molar-refractivity contribution in [2.75, 3.05) is 13.7 Å². The SMILES string of the molecule is CCOC(=O)c1ccc2c(c1)nc(SCc1cc(C(F)(F)F)cc(C(F)(F)F)c1)n2CCc1ccc(OC)cc1. The number of aryl methyl sites for hydroxylation is 2. The molecule has 212 valence electrons. The number of benzene rings is 3. The van der Waals surface area contributed by atoms with E-state index in [2.05, 4.69) is 4.98 Å². The Hall–Kier alpha value is -3.67. The Kier molecular flexibility index (Phi) is 8.67. The number of thioether (sulfide) groups is 1. The van der Waals surface area contributed by atoms with Crippen LogP contribution in [0.2, 0.25) is 0 Å². The number of rotatable bonds is 9. The number of carbonyl (C=O) groups excluding carboxylic acids is 1. The molecule has 5 nitrogen and oxygen atoms in total. The normalized spacial score (nSPS) is 12.1. The van der Waals surface area contributed by atoms with Crippen LogP contribution in [0, 0.1) is 0 Å². The largest absolute Gasteiger partial charge is 0.497 e. The number of hydrogen-bond acceptors (Lipinski definition) is 5. The van der Waals surface area contributed by atoms with E-state index in [0.29, 0.717) is 47.0 Å². The molecular weight excluding hydrogens is 558 g/mol. The van der Waals surface area contributed by atoms with E-state index in [1.807, 2.05) is 28.8 Å². The van der Waals surface area contributed by atoms with Crippen LogP contribution in [0.1, 0.15) is 39.5 Å². The van der Waals surface area contributed by atoms with Crippen molar-refractivity contribution in [1.82, 2.24) is 9.55 Å². The first-order chi connectivity index (χ1) is 18.9. The summed E-state index contributed by atoms with van der Waals surface area (Å²) in [6.45, 7) is 2.28. The maximum Gasteiger partial charge on any atom is 0.416 e. The molecule has 0 N–H and O–H groups in total. The summed E-state index contributed by atoms with van der Waals surface area (Å²) >= 11 is 1.01. The fraction of sp³-hybridized carbons (Fsp3) is 0.286. The first-order valence-corrected chi connectivity index (χ1v) is 13.1. The average Bonchev–Trinajstić information content (AvgIpc) is 3.26. The number of carbonyl (C=O) groups is 1. The first-order valence-electron chi connectivity index (χ1n) is 12.1. The molecule has 12 heteroatoms. The van der Waals surface area contributed by atoms with E-state index >= 15 is 0 Å². The van der Waals surface area contributed by atoms with Crippen LogP contribution in [0.3, 0.4) is 0 Å². The van der Waals surface area contributed by atoms with Gasteiger partial charge in [0.25, 0.3) is 0 Å². The predicted molar refractivity (Wildman–Crippen MR) is 138 cm³/mol. The molecule has 0 unspecified atom stereocenters. The minimum Gasteiger partial charge on any atom is -0.497 e. The minimum absolute atomic E-state index is 0.106. The zero-order chi connectivity index (χ0) is 29.1. The van der Waals surface area contributed by atoms with E-state index in [4.69, 9.17) is 9.47 Å². The Morgan fingerprint density at radius 1 is 0.900 bits per heavy atom. The Bertz CT molecular complexity index is 1460. The van der Waals surface area contributed by atoms with Crippen molar-refractivity contribution >= 4 is 28.8 Å². The van der Waals surface area contributed by atoms with E-state index in [1.165, 1.54) is 0 Å². The standard InChI is InChI=1S/C28H24F6N2O3S/c1-3-39-25(37)19-6-9-24-23(14-19)35-26(36(24)11-10-17-4-7-22(38-2)8-5-17)40-16-18-12-20(27(29,30)31)15-21(13-18)28(32,33)34/h4-9,12-15H,3,10-11,16H2,1-2H3. The lowest BCUT2D eigenvalue weighted by Gasteiger charge is -2.14. The van der Waals surface area contributed by atoms with E-state index in [-0.39, 0.29) is 29.6 Å². The second-order valence-corrected chi connectivity index (χ2v) is 9.71. The summed E-state index contributed by atoms with van der Waals surface area (Å²) in [5, 5.41) is 0.385. The van der Waals surface area contributed by atoms with Crippen molar-refractivity contribution in [2.24, 2.45) is 0 Å².